The fraction of sp³-hybridized carbons (Fsp3) is 0.467. The zero-order valence-electron chi connectivity index (χ0n) is 11.8. The van der Waals surface area contributed by atoms with Crippen molar-refractivity contribution in [2.75, 3.05) is 13.1 Å². The lowest BCUT2D eigenvalue weighted by Gasteiger charge is -2.26. The molecule has 2 N–H and O–H groups in total. The topological polar surface area (TPSA) is 59.2 Å². The Kier molecular flexibility index (Phi) is 6.04. The van der Waals surface area contributed by atoms with Gasteiger partial charge in [0.25, 0.3) is 5.91 Å². The van der Waals surface area contributed by atoms with Crippen LogP contribution in [0.2, 0.25) is 0 Å². The van der Waals surface area contributed by atoms with Gasteiger partial charge >= 0.3 is 0 Å². The van der Waals surface area contributed by atoms with E-state index in [2.05, 4.69) is 23.7 Å². The van der Waals surface area contributed by atoms with Crippen molar-refractivity contribution in [1.82, 2.24) is 9.88 Å². The average Bonchev–Trinajstić information content (AvgIpc) is 2.41. The molecular formula is C15H21N3O. The van der Waals surface area contributed by atoms with Crippen LogP contribution in [0, 0.1) is 11.8 Å². The van der Waals surface area contributed by atoms with E-state index in [0.29, 0.717) is 11.3 Å². The number of nitrogens with zero attached hydrogens (tertiary/aromatic N) is 2. The van der Waals surface area contributed by atoms with Crippen molar-refractivity contribution in [2.24, 2.45) is 5.73 Å². The van der Waals surface area contributed by atoms with Crippen LogP contribution in [0.4, 0.5) is 0 Å². The van der Waals surface area contributed by atoms with E-state index in [1.807, 2.05) is 18.7 Å². The number of pyridine rings is 1. The summed E-state index contributed by atoms with van der Waals surface area (Å²) in [6, 6.07) is 3.72. The Morgan fingerprint density at radius 3 is 2.84 bits per heavy atom. The lowest BCUT2D eigenvalue weighted by atomic mass is 10.1. The van der Waals surface area contributed by atoms with Crippen LogP contribution in [-0.2, 0) is 0 Å². The largest absolute Gasteiger partial charge is 0.335 e. The zero-order chi connectivity index (χ0) is 14.3. The smallest absolute Gasteiger partial charge is 0.273 e. The molecule has 1 heterocycles. The molecule has 0 saturated heterocycles. The van der Waals surface area contributed by atoms with E-state index in [1.54, 1.807) is 18.3 Å². The quantitative estimate of drug-likeness (QED) is 0.836. The maximum absolute atomic E-state index is 12.5. The van der Waals surface area contributed by atoms with Crippen molar-refractivity contribution in [3.8, 4) is 11.8 Å². The first-order chi connectivity index (χ1) is 9.11. The molecule has 1 amide bonds. The number of aromatic nitrogens is 1. The Balaban J connectivity index is 3.10. The number of carbonyl (C=O) groups excluding carboxylic acids is 1. The SMILES string of the molecule is CCCN(C(=O)c1ncccc1C#CCN)C(C)C. The number of carbonyl (C=O) groups is 1. The first kappa shape index (κ1) is 15.2. The van der Waals surface area contributed by atoms with Gasteiger partial charge in [-0.25, -0.2) is 4.98 Å². The van der Waals surface area contributed by atoms with Gasteiger partial charge in [0, 0.05) is 18.8 Å². The minimum absolute atomic E-state index is 0.0706. The molecule has 0 atom stereocenters. The molecule has 0 bridgehead atoms. The minimum atomic E-state index is -0.0706. The van der Waals surface area contributed by atoms with Crippen LogP contribution in [-0.4, -0.2) is 34.9 Å². The second-order valence-electron chi connectivity index (χ2n) is 4.50. The van der Waals surface area contributed by atoms with E-state index < -0.39 is 0 Å². The summed E-state index contributed by atoms with van der Waals surface area (Å²) >= 11 is 0. The lowest BCUT2D eigenvalue weighted by molar-refractivity contribution is 0.0699. The van der Waals surface area contributed by atoms with Crippen molar-refractivity contribution in [3.63, 3.8) is 0 Å². The summed E-state index contributed by atoms with van der Waals surface area (Å²) in [6.07, 6.45) is 2.53. The zero-order valence-corrected chi connectivity index (χ0v) is 11.8. The van der Waals surface area contributed by atoms with Crippen LogP contribution in [0.5, 0.6) is 0 Å². The Labute approximate surface area is 115 Å². The molecule has 0 aliphatic heterocycles. The molecule has 4 nitrogen and oxygen atoms in total. The van der Waals surface area contributed by atoms with Gasteiger partial charge in [-0.15, -0.1) is 0 Å². The van der Waals surface area contributed by atoms with Crippen molar-refractivity contribution in [2.45, 2.75) is 33.2 Å². The summed E-state index contributed by atoms with van der Waals surface area (Å²) in [4.78, 5) is 18.5. The van der Waals surface area contributed by atoms with Gasteiger partial charge in [0.15, 0.2) is 0 Å². The van der Waals surface area contributed by atoms with Gasteiger partial charge in [0.1, 0.15) is 5.69 Å². The van der Waals surface area contributed by atoms with E-state index in [0.717, 1.165) is 13.0 Å². The summed E-state index contributed by atoms with van der Waals surface area (Å²) in [5.74, 6) is 5.60. The second kappa shape index (κ2) is 7.55. The third-order valence-electron chi connectivity index (χ3n) is 2.68. The highest BCUT2D eigenvalue weighted by atomic mass is 16.2. The number of amides is 1. The molecular weight excluding hydrogens is 238 g/mol. The molecule has 0 aliphatic rings. The third-order valence-corrected chi connectivity index (χ3v) is 2.68. The van der Waals surface area contributed by atoms with Gasteiger partial charge < -0.3 is 10.6 Å². The number of hydrogen-bond donors (Lipinski definition) is 1. The Bertz CT molecular complexity index is 486. The van der Waals surface area contributed by atoms with Gasteiger partial charge in [0.2, 0.25) is 0 Å². The fourth-order valence-electron chi connectivity index (χ4n) is 1.79. The molecule has 1 aromatic heterocycles. The maximum Gasteiger partial charge on any atom is 0.273 e. The Hall–Kier alpha value is -1.86. The molecule has 0 aromatic carbocycles. The van der Waals surface area contributed by atoms with Crippen molar-refractivity contribution < 1.29 is 4.79 Å². The van der Waals surface area contributed by atoms with Crippen LogP contribution in [0.15, 0.2) is 18.3 Å². The Morgan fingerprint density at radius 2 is 2.26 bits per heavy atom. The van der Waals surface area contributed by atoms with Gasteiger partial charge in [-0.2, -0.15) is 0 Å². The molecule has 1 aromatic rings. The van der Waals surface area contributed by atoms with Crippen molar-refractivity contribution >= 4 is 5.91 Å². The maximum atomic E-state index is 12.5. The Morgan fingerprint density at radius 1 is 1.53 bits per heavy atom. The minimum Gasteiger partial charge on any atom is -0.335 e. The molecule has 19 heavy (non-hydrogen) atoms. The van der Waals surface area contributed by atoms with Crippen LogP contribution < -0.4 is 5.73 Å². The predicted octanol–water partition coefficient (Wildman–Crippen LogP) is 1.65. The molecule has 0 aliphatic carbocycles. The van der Waals surface area contributed by atoms with E-state index in [1.165, 1.54) is 0 Å². The van der Waals surface area contributed by atoms with Crippen LogP contribution in [0.25, 0.3) is 0 Å². The molecule has 0 fully saturated rings. The van der Waals surface area contributed by atoms with Gasteiger partial charge in [-0.1, -0.05) is 18.8 Å². The van der Waals surface area contributed by atoms with Gasteiger partial charge in [-0.3, -0.25) is 4.79 Å². The van der Waals surface area contributed by atoms with E-state index in [9.17, 15) is 4.79 Å². The number of nitrogens with two attached hydrogens (primary N) is 1. The first-order valence-electron chi connectivity index (χ1n) is 6.56. The highest BCUT2D eigenvalue weighted by molar-refractivity contribution is 5.95. The van der Waals surface area contributed by atoms with E-state index >= 15 is 0 Å². The molecule has 0 saturated carbocycles. The molecule has 0 unspecified atom stereocenters. The highest BCUT2D eigenvalue weighted by Gasteiger charge is 2.21. The molecule has 4 heteroatoms. The summed E-state index contributed by atoms with van der Waals surface area (Å²) < 4.78 is 0. The summed E-state index contributed by atoms with van der Waals surface area (Å²) in [5, 5.41) is 0. The highest BCUT2D eigenvalue weighted by Crippen LogP contribution is 2.11. The van der Waals surface area contributed by atoms with Crippen LogP contribution in [0.3, 0.4) is 0 Å². The second-order valence-corrected chi connectivity index (χ2v) is 4.50. The van der Waals surface area contributed by atoms with E-state index in [-0.39, 0.29) is 18.5 Å². The van der Waals surface area contributed by atoms with Gasteiger partial charge in [-0.05, 0) is 32.4 Å². The lowest BCUT2D eigenvalue weighted by Crippen LogP contribution is -2.38. The van der Waals surface area contributed by atoms with Gasteiger partial charge in [0.05, 0.1) is 12.1 Å². The van der Waals surface area contributed by atoms with Crippen molar-refractivity contribution in [3.05, 3.63) is 29.6 Å². The summed E-state index contributed by atoms with van der Waals surface area (Å²) in [7, 11) is 0. The van der Waals surface area contributed by atoms with Crippen LogP contribution in [0.1, 0.15) is 43.2 Å². The average molecular weight is 259 g/mol. The molecule has 102 valence electrons. The number of rotatable bonds is 4. The normalized spacial score (nSPS) is 9.95. The summed E-state index contributed by atoms with van der Waals surface area (Å²) in [6.45, 7) is 7.04. The first-order valence-corrected chi connectivity index (χ1v) is 6.56. The molecule has 0 radical (unpaired) electrons. The standard InChI is InChI=1S/C15H21N3O/c1-4-11-18(12(2)3)15(19)14-13(7-5-9-16)8-6-10-17-14/h6,8,10,12H,4,9,11,16H2,1-3H3. The monoisotopic (exact) mass is 259 g/mol. The molecule has 0 spiro atoms. The van der Waals surface area contributed by atoms with Crippen molar-refractivity contribution in [1.29, 1.82) is 0 Å². The third kappa shape index (κ3) is 4.08. The van der Waals surface area contributed by atoms with E-state index in [4.69, 9.17) is 5.73 Å². The number of hydrogen-bond acceptors (Lipinski definition) is 3. The molecule has 1 rings (SSSR count). The summed E-state index contributed by atoms with van der Waals surface area (Å²) in [5.41, 5.74) is 6.42. The van der Waals surface area contributed by atoms with Crippen LogP contribution >= 0.6 is 0 Å². The predicted molar refractivity (Wildman–Crippen MR) is 76.6 cm³/mol. The fourth-order valence-corrected chi connectivity index (χ4v) is 1.79.